The van der Waals surface area contributed by atoms with E-state index in [-0.39, 0.29) is 17.7 Å². The van der Waals surface area contributed by atoms with Gasteiger partial charge in [-0.2, -0.15) is 0 Å². The van der Waals surface area contributed by atoms with Crippen molar-refractivity contribution < 1.29 is 9.59 Å². The van der Waals surface area contributed by atoms with Gasteiger partial charge in [-0.3, -0.25) is 9.59 Å². The number of carbonyl (C=O) groups is 2. The molecule has 1 saturated carbocycles. The van der Waals surface area contributed by atoms with Crippen LogP contribution in [0.15, 0.2) is 24.3 Å². The second-order valence-electron chi connectivity index (χ2n) is 8.37. The molecule has 1 aromatic rings. The van der Waals surface area contributed by atoms with Crippen LogP contribution in [-0.4, -0.2) is 29.8 Å². The minimum Gasteiger partial charge on any atom is -0.351 e. The van der Waals surface area contributed by atoms with Crippen LogP contribution in [0.5, 0.6) is 0 Å². The molecule has 1 heterocycles. The molecule has 0 radical (unpaired) electrons. The second-order valence-corrected chi connectivity index (χ2v) is 8.37. The number of rotatable bonds is 4. The number of piperidine rings is 1. The number of amides is 2. The molecule has 26 heavy (non-hydrogen) atoms. The van der Waals surface area contributed by atoms with Crippen molar-refractivity contribution in [2.45, 2.75) is 65.3 Å². The summed E-state index contributed by atoms with van der Waals surface area (Å²) >= 11 is 0. The van der Waals surface area contributed by atoms with Crippen LogP contribution in [0.4, 0.5) is 0 Å². The number of carbonyl (C=O) groups excluding carboxylic acids is 2. The zero-order valence-corrected chi connectivity index (χ0v) is 16.2. The van der Waals surface area contributed by atoms with Gasteiger partial charge in [0.25, 0.3) is 0 Å². The zero-order chi connectivity index (χ0) is 18.6. The van der Waals surface area contributed by atoms with Crippen molar-refractivity contribution in [2.75, 3.05) is 13.1 Å². The van der Waals surface area contributed by atoms with Gasteiger partial charge in [0.15, 0.2) is 0 Å². The predicted molar refractivity (Wildman–Crippen MR) is 104 cm³/mol. The number of nitrogens with one attached hydrogen (secondary N) is 1. The van der Waals surface area contributed by atoms with E-state index in [9.17, 15) is 9.59 Å². The summed E-state index contributed by atoms with van der Waals surface area (Å²) in [5, 5.41) is 3.11. The van der Waals surface area contributed by atoms with Crippen LogP contribution in [0.2, 0.25) is 0 Å². The van der Waals surface area contributed by atoms with Crippen LogP contribution >= 0.6 is 0 Å². The van der Waals surface area contributed by atoms with Gasteiger partial charge in [0, 0.05) is 25.6 Å². The Morgan fingerprint density at radius 2 is 1.88 bits per heavy atom. The van der Waals surface area contributed by atoms with Crippen LogP contribution in [0.25, 0.3) is 0 Å². The van der Waals surface area contributed by atoms with Gasteiger partial charge in [-0.25, -0.2) is 0 Å². The molecule has 1 unspecified atom stereocenters. The van der Waals surface area contributed by atoms with Crippen molar-refractivity contribution in [3.8, 4) is 0 Å². The zero-order valence-electron chi connectivity index (χ0n) is 16.2. The van der Waals surface area contributed by atoms with Gasteiger partial charge in [-0.15, -0.1) is 0 Å². The average Bonchev–Trinajstić information content (AvgIpc) is 2.67. The highest BCUT2D eigenvalue weighted by molar-refractivity contribution is 5.85. The van der Waals surface area contributed by atoms with E-state index in [4.69, 9.17) is 0 Å². The summed E-state index contributed by atoms with van der Waals surface area (Å²) in [7, 11) is 0. The Morgan fingerprint density at radius 3 is 2.62 bits per heavy atom. The molecule has 2 amide bonds. The van der Waals surface area contributed by atoms with Gasteiger partial charge in [0.1, 0.15) is 0 Å². The quantitative estimate of drug-likeness (QED) is 0.891. The highest BCUT2D eigenvalue weighted by Crippen LogP contribution is 2.33. The van der Waals surface area contributed by atoms with Gasteiger partial charge in [-0.05, 0) is 50.7 Å². The van der Waals surface area contributed by atoms with Gasteiger partial charge >= 0.3 is 0 Å². The van der Waals surface area contributed by atoms with E-state index in [1.165, 1.54) is 24.8 Å². The molecule has 2 aliphatic rings. The second kappa shape index (κ2) is 8.24. The summed E-state index contributed by atoms with van der Waals surface area (Å²) in [6, 6.07) is 8.13. The third-order valence-electron chi connectivity index (χ3n) is 6.21. The fourth-order valence-corrected chi connectivity index (χ4v) is 4.42. The fraction of sp³-hybridized carbons (Fsp3) is 0.636. The van der Waals surface area contributed by atoms with Crippen molar-refractivity contribution in [1.82, 2.24) is 10.2 Å². The first kappa shape index (κ1) is 18.9. The first-order chi connectivity index (χ1) is 12.5. The molecule has 2 fully saturated rings. The summed E-state index contributed by atoms with van der Waals surface area (Å²) < 4.78 is 0. The lowest BCUT2D eigenvalue weighted by Crippen LogP contribution is -2.53. The molecule has 4 nitrogen and oxygen atoms in total. The molecule has 1 saturated heterocycles. The van der Waals surface area contributed by atoms with Crippen LogP contribution in [0.3, 0.4) is 0 Å². The van der Waals surface area contributed by atoms with Gasteiger partial charge in [0.05, 0.1) is 5.41 Å². The molecule has 0 aromatic heterocycles. The maximum absolute atomic E-state index is 12.9. The smallest absolute Gasteiger partial charge is 0.227 e. The SMILES string of the molecule is Cc1ccccc1CNC(=O)C1(C)CCCN(C(=O)C2CCCCC2)C1. The number of aryl methyl sites for hydroxylation is 1. The van der Waals surface area contributed by atoms with Crippen molar-refractivity contribution in [3.63, 3.8) is 0 Å². The predicted octanol–water partition coefficient (Wildman–Crippen LogP) is 3.82. The molecule has 1 aliphatic heterocycles. The lowest BCUT2D eigenvalue weighted by atomic mass is 9.79. The van der Waals surface area contributed by atoms with Gasteiger partial charge < -0.3 is 10.2 Å². The number of nitrogens with zero attached hydrogens (tertiary/aromatic N) is 1. The van der Waals surface area contributed by atoms with Crippen molar-refractivity contribution in [1.29, 1.82) is 0 Å². The molecule has 4 heteroatoms. The minimum absolute atomic E-state index is 0.0712. The standard InChI is InChI=1S/C22H32N2O2/c1-17-9-6-7-12-19(17)15-23-21(26)22(2)13-8-14-24(16-22)20(25)18-10-4-3-5-11-18/h6-7,9,12,18H,3-5,8,10-11,13-16H2,1-2H3,(H,23,26). The molecular weight excluding hydrogens is 324 g/mol. The highest BCUT2D eigenvalue weighted by atomic mass is 16.2. The molecule has 1 aromatic carbocycles. The van der Waals surface area contributed by atoms with E-state index in [0.29, 0.717) is 13.1 Å². The monoisotopic (exact) mass is 356 g/mol. The van der Waals surface area contributed by atoms with Crippen LogP contribution in [0, 0.1) is 18.3 Å². The maximum atomic E-state index is 12.9. The minimum atomic E-state index is -0.481. The van der Waals surface area contributed by atoms with Crippen LogP contribution in [0.1, 0.15) is 63.0 Å². The summed E-state index contributed by atoms with van der Waals surface area (Å²) in [5.74, 6) is 0.533. The Morgan fingerprint density at radius 1 is 1.15 bits per heavy atom. The highest BCUT2D eigenvalue weighted by Gasteiger charge is 2.40. The number of hydrogen-bond acceptors (Lipinski definition) is 2. The maximum Gasteiger partial charge on any atom is 0.227 e. The first-order valence-corrected chi connectivity index (χ1v) is 10.1. The molecule has 1 aliphatic carbocycles. The summed E-state index contributed by atoms with van der Waals surface area (Å²) in [5.41, 5.74) is 1.86. The number of hydrogen-bond donors (Lipinski definition) is 1. The van der Waals surface area contributed by atoms with E-state index in [0.717, 1.165) is 37.8 Å². The molecule has 142 valence electrons. The van der Waals surface area contributed by atoms with E-state index in [1.54, 1.807) is 0 Å². The Labute approximate surface area is 157 Å². The van der Waals surface area contributed by atoms with E-state index in [2.05, 4.69) is 24.4 Å². The van der Waals surface area contributed by atoms with Crippen molar-refractivity contribution in [3.05, 3.63) is 35.4 Å². The van der Waals surface area contributed by atoms with E-state index < -0.39 is 5.41 Å². The Hall–Kier alpha value is -1.84. The fourth-order valence-electron chi connectivity index (χ4n) is 4.42. The summed E-state index contributed by atoms with van der Waals surface area (Å²) in [6.45, 7) is 5.99. The molecular formula is C22H32N2O2. The van der Waals surface area contributed by atoms with Crippen LogP contribution in [-0.2, 0) is 16.1 Å². The van der Waals surface area contributed by atoms with E-state index in [1.807, 2.05) is 24.0 Å². The van der Waals surface area contributed by atoms with Crippen molar-refractivity contribution >= 4 is 11.8 Å². The first-order valence-electron chi connectivity index (χ1n) is 10.1. The molecule has 1 N–H and O–H groups in total. The topological polar surface area (TPSA) is 49.4 Å². The lowest BCUT2D eigenvalue weighted by Gasteiger charge is -2.41. The summed E-state index contributed by atoms with van der Waals surface area (Å²) in [6.07, 6.45) is 7.38. The van der Waals surface area contributed by atoms with Gasteiger partial charge in [0.2, 0.25) is 11.8 Å². The van der Waals surface area contributed by atoms with E-state index >= 15 is 0 Å². The largest absolute Gasteiger partial charge is 0.351 e. The van der Waals surface area contributed by atoms with Crippen molar-refractivity contribution in [2.24, 2.45) is 11.3 Å². The molecule has 0 bridgehead atoms. The summed E-state index contributed by atoms with van der Waals surface area (Å²) in [4.78, 5) is 27.7. The normalized spacial score (nSPS) is 24.3. The van der Waals surface area contributed by atoms with Gasteiger partial charge in [-0.1, -0.05) is 43.5 Å². The third kappa shape index (κ3) is 4.28. The average molecular weight is 357 g/mol. The third-order valence-corrected chi connectivity index (χ3v) is 6.21. The van der Waals surface area contributed by atoms with Crippen LogP contribution < -0.4 is 5.32 Å². The Balaban J connectivity index is 1.60. The molecule has 3 rings (SSSR count). The Bertz CT molecular complexity index is 651. The Kier molecular flexibility index (Phi) is 6.00. The lowest BCUT2D eigenvalue weighted by molar-refractivity contribution is -0.144. The molecule has 1 atom stereocenters. The number of benzene rings is 1. The number of likely N-dealkylation sites (tertiary alicyclic amines) is 1. The molecule has 0 spiro atoms.